The molecule has 4 N–H and O–H groups in total. The van der Waals surface area contributed by atoms with Crippen LogP contribution in [0.25, 0.3) is 0 Å². The van der Waals surface area contributed by atoms with Crippen LogP contribution in [-0.4, -0.2) is 84.7 Å². The Labute approximate surface area is 165 Å². The summed E-state index contributed by atoms with van der Waals surface area (Å²) in [6, 6.07) is -1.09. The van der Waals surface area contributed by atoms with E-state index in [1.807, 2.05) is 0 Å². The minimum atomic E-state index is -1.04. The number of carbonyl (C=O) groups is 4. The van der Waals surface area contributed by atoms with Crippen LogP contribution in [-0.2, 0) is 33.3 Å². The third-order valence-electron chi connectivity index (χ3n) is 4.67. The predicted molar refractivity (Wildman–Crippen MR) is 93.2 cm³/mol. The maximum atomic E-state index is 11.8. The molecule has 3 saturated heterocycles. The van der Waals surface area contributed by atoms with Crippen molar-refractivity contribution >= 4 is 29.8 Å². The number of esters is 3. The third-order valence-corrected chi connectivity index (χ3v) is 4.67. The van der Waals surface area contributed by atoms with Gasteiger partial charge < -0.3 is 24.3 Å². The second-order valence-corrected chi connectivity index (χ2v) is 6.83. The van der Waals surface area contributed by atoms with Gasteiger partial charge in [0, 0.05) is 20.8 Å². The van der Waals surface area contributed by atoms with E-state index in [0.717, 1.165) is 0 Å². The first-order valence-corrected chi connectivity index (χ1v) is 8.95. The van der Waals surface area contributed by atoms with Crippen LogP contribution in [0.4, 0.5) is 4.79 Å². The predicted octanol–water partition coefficient (Wildman–Crippen LogP) is -2.01. The fourth-order valence-electron chi connectivity index (χ4n) is 3.61. The van der Waals surface area contributed by atoms with Crippen LogP contribution in [0.15, 0.2) is 0 Å². The fraction of sp³-hybridized carbons (Fsp3) is 0.688. The van der Waals surface area contributed by atoms with Gasteiger partial charge in [-0.2, -0.15) is 0 Å². The zero-order chi connectivity index (χ0) is 21.3. The normalized spacial score (nSPS) is 34.0. The van der Waals surface area contributed by atoms with E-state index in [2.05, 4.69) is 16.0 Å². The van der Waals surface area contributed by atoms with Crippen LogP contribution in [0, 0.1) is 5.41 Å². The van der Waals surface area contributed by atoms with E-state index in [0.29, 0.717) is 0 Å². The monoisotopic (exact) mass is 413 g/mol. The Morgan fingerprint density at radius 2 is 1.79 bits per heavy atom. The molecule has 13 heteroatoms. The number of hydrogen-bond donors (Lipinski definition) is 4. The van der Waals surface area contributed by atoms with Gasteiger partial charge >= 0.3 is 23.9 Å². The zero-order valence-electron chi connectivity index (χ0n) is 16.1. The van der Waals surface area contributed by atoms with Gasteiger partial charge in [-0.15, -0.1) is 0 Å². The Balaban J connectivity index is 1.87. The number of amidine groups is 1. The summed E-state index contributed by atoms with van der Waals surface area (Å²) in [5, 5.41) is 16.1. The number of carbonyl (C=O) groups excluding carboxylic acids is 4. The van der Waals surface area contributed by atoms with E-state index in [4.69, 9.17) is 24.4 Å². The highest BCUT2D eigenvalue weighted by atomic mass is 16.7. The van der Waals surface area contributed by atoms with E-state index in [1.165, 1.54) is 20.8 Å². The summed E-state index contributed by atoms with van der Waals surface area (Å²) in [5.74, 6) is -1.82. The van der Waals surface area contributed by atoms with Crippen molar-refractivity contribution in [3.05, 3.63) is 0 Å². The van der Waals surface area contributed by atoms with Crippen molar-refractivity contribution in [3.63, 3.8) is 0 Å². The second-order valence-electron chi connectivity index (χ2n) is 6.83. The molecule has 6 atom stereocenters. The lowest BCUT2D eigenvalue weighted by molar-refractivity contribution is -0.168. The smallest absolute Gasteiger partial charge is 0.321 e. The summed E-state index contributed by atoms with van der Waals surface area (Å²) in [6.45, 7) is 3.59. The highest BCUT2D eigenvalue weighted by molar-refractivity contribution is 6.02. The summed E-state index contributed by atoms with van der Waals surface area (Å²) in [4.78, 5) is 48.0. The van der Waals surface area contributed by atoms with Gasteiger partial charge in [-0.3, -0.25) is 30.4 Å². The number of nitrogens with one attached hydrogen (secondary N) is 4. The minimum Gasteiger partial charge on any atom is -0.463 e. The van der Waals surface area contributed by atoms with Crippen LogP contribution in [0.5, 0.6) is 0 Å². The molecule has 160 valence electrons. The van der Waals surface area contributed by atoms with Crippen LogP contribution in [0.3, 0.4) is 0 Å². The Kier molecular flexibility index (Phi) is 6.00. The molecular weight excluding hydrogens is 390 g/mol. The molecule has 0 saturated carbocycles. The van der Waals surface area contributed by atoms with Gasteiger partial charge in [0.05, 0.1) is 6.67 Å². The minimum absolute atomic E-state index is 0.0173. The van der Waals surface area contributed by atoms with E-state index in [-0.39, 0.29) is 19.1 Å². The molecule has 29 heavy (non-hydrogen) atoms. The second kappa shape index (κ2) is 8.31. The largest absolute Gasteiger partial charge is 0.463 e. The summed E-state index contributed by atoms with van der Waals surface area (Å²) >= 11 is 0. The molecule has 0 bridgehead atoms. The standard InChI is InChI=1S/C16H23N5O8/c1-6(22)26-4-9-11(27-7(2)23)12(28-8(3)24)15(29-9)21-5-18-10-13(17)19-16(25)20-14(10)21/h9-12,14-15,18H,4-5H2,1-3H3,(H3,17,19,20,25)/t9-,10?,11?,12?,14?,15-/m1/s1. The number of urea groups is 1. The lowest BCUT2D eigenvalue weighted by Gasteiger charge is -2.36. The molecule has 3 fully saturated rings. The average molecular weight is 413 g/mol. The SMILES string of the molecule is CC(=O)OC[C@H]1O[C@@H](N2CNC3C(=N)NC(=O)NC32)C(OC(C)=O)C1OC(C)=O. The van der Waals surface area contributed by atoms with Gasteiger partial charge in [0.2, 0.25) is 0 Å². The number of amides is 2. The average Bonchev–Trinajstić information content (AvgIpc) is 3.15. The maximum absolute atomic E-state index is 11.8. The zero-order valence-corrected chi connectivity index (χ0v) is 16.1. The molecule has 0 aliphatic carbocycles. The summed E-state index contributed by atoms with van der Waals surface area (Å²) in [6.07, 6.45) is -4.56. The fourth-order valence-corrected chi connectivity index (χ4v) is 3.61. The van der Waals surface area contributed by atoms with Gasteiger partial charge in [0.1, 0.15) is 30.8 Å². The number of ether oxygens (including phenoxy) is 4. The van der Waals surface area contributed by atoms with Gasteiger partial charge in [-0.25, -0.2) is 9.69 Å². The molecule has 0 aromatic carbocycles. The molecule has 0 radical (unpaired) electrons. The molecule has 4 unspecified atom stereocenters. The van der Waals surface area contributed by atoms with Gasteiger partial charge in [-0.05, 0) is 0 Å². The first-order chi connectivity index (χ1) is 13.7. The molecule has 3 aliphatic heterocycles. The highest BCUT2D eigenvalue weighted by Gasteiger charge is 2.56. The molecule has 0 aromatic rings. The Bertz CT molecular complexity index is 730. The molecular formula is C16H23N5O8. The van der Waals surface area contributed by atoms with E-state index >= 15 is 0 Å². The van der Waals surface area contributed by atoms with Gasteiger partial charge in [-0.1, -0.05) is 0 Å². The van der Waals surface area contributed by atoms with Gasteiger partial charge in [0.15, 0.2) is 18.4 Å². The quantitative estimate of drug-likeness (QED) is 0.292. The summed E-state index contributed by atoms with van der Waals surface area (Å²) in [5.41, 5.74) is 0. The van der Waals surface area contributed by atoms with Crippen molar-refractivity contribution in [2.45, 2.75) is 57.5 Å². The van der Waals surface area contributed by atoms with Crippen molar-refractivity contribution in [3.8, 4) is 0 Å². The van der Waals surface area contributed by atoms with Crippen LogP contribution in [0.1, 0.15) is 20.8 Å². The molecule has 3 aliphatic rings. The Morgan fingerprint density at radius 1 is 1.14 bits per heavy atom. The lowest BCUT2D eigenvalue weighted by atomic mass is 10.1. The van der Waals surface area contributed by atoms with Crippen molar-refractivity contribution in [1.82, 2.24) is 20.9 Å². The Morgan fingerprint density at radius 3 is 2.41 bits per heavy atom. The number of rotatable bonds is 5. The van der Waals surface area contributed by atoms with Gasteiger partial charge in [0.25, 0.3) is 0 Å². The maximum Gasteiger partial charge on any atom is 0.321 e. The number of fused-ring (bicyclic) bond motifs is 1. The molecule has 0 spiro atoms. The highest BCUT2D eigenvalue weighted by Crippen LogP contribution is 2.32. The van der Waals surface area contributed by atoms with Crippen LogP contribution >= 0.6 is 0 Å². The molecule has 3 heterocycles. The van der Waals surface area contributed by atoms with E-state index < -0.39 is 60.7 Å². The third kappa shape index (κ3) is 4.46. The van der Waals surface area contributed by atoms with Crippen molar-refractivity contribution < 1.29 is 38.1 Å². The molecule has 13 nitrogen and oxygen atoms in total. The Hall–Kier alpha value is -2.77. The number of hydrogen-bond acceptors (Lipinski definition) is 11. The molecule has 2 amide bonds. The molecule has 3 rings (SSSR count). The first kappa shape index (κ1) is 21.0. The van der Waals surface area contributed by atoms with E-state index in [1.54, 1.807) is 4.90 Å². The topological polar surface area (TPSA) is 168 Å². The summed E-state index contributed by atoms with van der Waals surface area (Å²) in [7, 11) is 0. The summed E-state index contributed by atoms with van der Waals surface area (Å²) < 4.78 is 21.7. The van der Waals surface area contributed by atoms with Crippen LogP contribution < -0.4 is 16.0 Å². The van der Waals surface area contributed by atoms with Crippen molar-refractivity contribution in [2.24, 2.45) is 0 Å². The molecule has 0 aromatic heterocycles. The van der Waals surface area contributed by atoms with E-state index in [9.17, 15) is 19.2 Å². The lowest BCUT2D eigenvalue weighted by Crippen LogP contribution is -2.66. The number of nitrogens with zero attached hydrogens (tertiary/aromatic N) is 1. The van der Waals surface area contributed by atoms with Crippen LogP contribution in [0.2, 0.25) is 0 Å². The van der Waals surface area contributed by atoms with Crippen molar-refractivity contribution in [2.75, 3.05) is 13.3 Å². The first-order valence-electron chi connectivity index (χ1n) is 8.95. The van der Waals surface area contributed by atoms with Crippen molar-refractivity contribution in [1.29, 1.82) is 5.41 Å².